The Bertz CT molecular complexity index is 1350. The second-order valence-corrected chi connectivity index (χ2v) is 8.53. The molecule has 10 heteroatoms. The fraction of sp³-hybridized carbons (Fsp3) is 0.200. The van der Waals surface area contributed by atoms with Crippen LogP contribution >= 0.6 is 11.8 Å². The molecule has 0 saturated carbocycles. The first kappa shape index (κ1) is 24.7. The molecule has 35 heavy (non-hydrogen) atoms. The van der Waals surface area contributed by atoms with E-state index in [4.69, 9.17) is 4.74 Å². The molecule has 0 amide bonds. The van der Waals surface area contributed by atoms with Gasteiger partial charge in [-0.25, -0.2) is 18.6 Å². The number of halogens is 5. The van der Waals surface area contributed by atoms with Gasteiger partial charge in [0.15, 0.2) is 5.16 Å². The highest BCUT2D eigenvalue weighted by molar-refractivity contribution is 7.98. The molecule has 0 spiro atoms. The van der Waals surface area contributed by atoms with Crippen molar-refractivity contribution in [3.63, 3.8) is 0 Å². The summed E-state index contributed by atoms with van der Waals surface area (Å²) in [6.45, 7) is 2.05. The van der Waals surface area contributed by atoms with E-state index >= 15 is 0 Å². The van der Waals surface area contributed by atoms with E-state index in [1.54, 1.807) is 29.7 Å². The van der Waals surface area contributed by atoms with Crippen molar-refractivity contribution >= 4 is 28.8 Å². The number of rotatable bonds is 7. The van der Waals surface area contributed by atoms with Crippen LogP contribution in [0.1, 0.15) is 34.0 Å². The van der Waals surface area contributed by atoms with Gasteiger partial charge in [0.2, 0.25) is 0 Å². The lowest BCUT2D eigenvalue weighted by atomic mass is 10.1. The second-order valence-electron chi connectivity index (χ2n) is 7.59. The van der Waals surface area contributed by atoms with Crippen molar-refractivity contribution in [3.05, 3.63) is 94.6 Å². The Balaban J connectivity index is 1.71. The number of carbonyl (C=O) groups is 1. The van der Waals surface area contributed by atoms with Gasteiger partial charge in [-0.05, 0) is 55.0 Å². The molecule has 0 atom stereocenters. The molecule has 0 radical (unpaired) electrons. The zero-order valence-electron chi connectivity index (χ0n) is 18.4. The van der Waals surface area contributed by atoms with Crippen molar-refractivity contribution in [2.45, 2.75) is 30.6 Å². The van der Waals surface area contributed by atoms with Crippen LogP contribution in [0.5, 0.6) is 0 Å². The fourth-order valence-electron chi connectivity index (χ4n) is 3.50. The molecule has 1 heterocycles. The molecule has 0 bridgehead atoms. The molecule has 4 nitrogen and oxygen atoms in total. The number of ether oxygens (including phenoxy) is 1. The van der Waals surface area contributed by atoms with Crippen LogP contribution in [0.4, 0.5) is 22.0 Å². The fourth-order valence-corrected chi connectivity index (χ4v) is 4.53. The van der Waals surface area contributed by atoms with E-state index in [0.717, 1.165) is 36.0 Å². The number of alkyl halides is 3. The van der Waals surface area contributed by atoms with Crippen LogP contribution in [-0.4, -0.2) is 22.1 Å². The van der Waals surface area contributed by atoms with Crippen LogP contribution < -0.4 is 0 Å². The van der Waals surface area contributed by atoms with Crippen molar-refractivity contribution in [2.24, 2.45) is 0 Å². The molecule has 0 aliphatic rings. The third-order valence-electron chi connectivity index (χ3n) is 5.25. The zero-order valence-corrected chi connectivity index (χ0v) is 19.2. The minimum atomic E-state index is -4.45. The van der Waals surface area contributed by atoms with E-state index in [0.29, 0.717) is 21.8 Å². The highest BCUT2D eigenvalue weighted by atomic mass is 32.2. The van der Waals surface area contributed by atoms with Gasteiger partial charge in [0, 0.05) is 11.3 Å². The van der Waals surface area contributed by atoms with Gasteiger partial charge < -0.3 is 9.30 Å². The van der Waals surface area contributed by atoms with Crippen LogP contribution in [0.25, 0.3) is 11.0 Å². The first-order valence-corrected chi connectivity index (χ1v) is 11.5. The SMILES string of the molecule is CCOC(=O)c1ccc2c(c1)nc(SCc1c(F)cccc1F)n2Cc1ccc(C(F)(F)F)cc1. The maximum absolute atomic E-state index is 14.1. The molecule has 0 fully saturated rings. The Morgan fingerprint density at radius 3 is 2.34 bits per heavy atom. The number of esters is 1. The topological polar surface area (TPSA) is 44.1 Å². The summed E-state index contributed by atoms with van der Waals surface area (Å²) in [5, 5.41) is 0.392. The molecule has 0 aliphatic heterocycles. The Morgan fingerprint density at radius 1 is 1.03 bits per heavy atom. The van der Waals surface area contributed by atoms with E-state index in [1.807, 2.05) is 0 Å². The number of thioether (sulfide) groups is 1. The van der Waals surface area contributed by atoms with E-state index in [-0.39, 0.29) is 30.0 Å². The van der Waals surface area contributed by atoms with Gasteiger partial charge in [-0.1, -0.05) is 30.0 Å². The summed E-state index contributed by atoms with van der Waals surface area (Å²) in [4.78, 5) is 16.7. The summed E-state index contributed by atoms with van der Waals surface area (Å²) in [6, 6.07) is 13.1. The normalized spacial score (nSPS) is 11.7. The van der Waals surface area contributed by atoms with E-state index in [2.05, 4.69) is 4.98 Å². The van der Waals surface area contributed by atoms with E-state index in [1.165, 1.54) is 18.2 Å². The predicted molar refractivity (Wildman–Crippen MR) is 122 cm³/mol. The van der Waals surface area contributed by atoms with Crippen molar-refractivity contribution in [1.29, 1.82) is 0 Å². The van der Waals surface area contributed by atoms with Gasteiger partial charge in [0.1, 0.15) is 11.6 Å². The van der Waals surface area contributed by atoms with Crippen molar-refractivity contribution in [3.8, 4) is 0 Å². The average Bonchev–Trinajstić information content (AvgIpc) is 3.15. The number of imidazole rings is 1. The van der Waals surface area contributed by atoms with Gasteiger partial charge in [-0.3, -0.25) is 0 Å². The Labute approximate surface area is 201 Å². The molecule has 1 aromatic heterocycles. The molecule has 0 aliphatic carbocycles. The van der Waals surface area contributed by atoms with Gasteiger partial charge in [-0.15, -0.1) is 0 Å². The summed E-state index contributed by atoms with van der Waals surface area (Å²) in [6.07, 6.45) is -4.45. The van der Waals surface area contributed by atoms with Gasteiger partial charge in [0.05, 0.1) is 35.3 Å². The average molecular weight is 506 g/mol. The Morgan fingerprint density at radius 2 is 1.71 bits per heavy atom. The number of benzene rings is 3. The Kier molecular flexibility index (Phi) is 7.11. The highest BCUT2D eigenvalue weighted by Gasteiger charge is 2.30. The number of aromatic nitrogens is 2. The van der Waals surface area contributed by atoms with Crippen LogP contribution in [0.3, 0.4) is 0 Å². The van der Waals surface area contributed by atoms with E-state index in [9.17, 15) is 26.7 Å². The van der Waals surface area contributed by atoms with E-state index < -0.39 is 29.3 Å². The smallest absolute Gasteiger partial charge is 0.416 e. The minimum Gasteiger partial charge on any atom is -0.462 e. The maximum atomic E-state index is 14.1. The van der Waals surface area contributed by atoms with Crippen molar-refractivity contribution in [2.75, 3.05) is 6.61 Å². The minimum absolute atomic E-state index is 0.0560. The quantitative estimate of drug-likeness (QED) is 0.156. The molecule has 4 rings (SSSR count). The monoisotopic (exact) mass is 506 g/mol. The number of hydrogen-bond donors (Lipinski definition) is 0. The second kappa shape index (κ2) is 10.1. The molecule has 0 unspecified atom stereocenters. The van der Waals surface area contributed by atoms with Crippen LogP contribution in [-0.2, 0) is 23.2 Å². The van der Waals surface area contributed by atoms with Crippen LogP contribution in [0, 0.1) is 11.6 Å². The van der Waals surface area contributed by atoms with Crippen LogP contribution in [0.15, 0.2) is 65.8 Å². The third-order valence-corrected chi connectivity index (χ3v) is 6.26. The van der Waals surface area contributed by atoms with Crippen LogP contribution in [0.2, 0.25) is 0 Å². The summed E-state index contributed by atoms with van der Waals surface area (Å²) in [5.41, 5.74) is 1.03. The lowest BCUT2D eigenvalue weighted by molar-refractivity contribution is -0.137. The zero-order chi connectivity index (χ0) is 25.2. The third kappa shape index (κ3) is 5.48. The highest BCUT2D eigenvalue weighted by Crippen LogP contribution is 2.32. The Hall–Kier alpha value is -3.40. The van der Waals surface area contributed by atoms with Gasteiger partial charge >= 0.3 is 12.1 Å². The van der Waals surface area contributed by atoms with Crippen molar-refractivity contribution < 1.29 is 31.5 Å². The molecular weight excluding hydrogens is 487 g/mol. The molecule has 4 aromatic rings. The van der Waals surface area contributed by atoms with Crippen molar-refractivity contribution in [1.82, 2.24) is 9.55 Å². The first-order valence-electron chi connectivity index (χ1n) is 10.6. The predicted octanol–water partition coefficient (Wildman–Crippen LogP) is 6.85. The van der Waals surface area contributed by atoms with Gasteiger partial charge in [0.25, 0.3) is 0 Å². The number of fused-ring (bicyclic) bond motifs is 1. The summed E-state index contributed by atoms with van der Waals surface area (Å²) < 4.78 is 73.8. The maximum Gasteiger partial charge on any atom is 0.416 e. The molecule has 0 N–H and O–H groups in total. The lowest BCUT2D eigenvalue weighted by Gasteiger charge is -2.11. The summed E-state index contributed by atoms with van der Waals surface area (Å²) in [7, 11) is 0. The molecule has 0 saturated heterocycles. The molecule has 182 valence electrons. The standard InChI is InChI=1S/C25H19F5N2O2S/c1-2-34-23(33)16-8-11-22-21(12-16)31-24(35-14-18-19(26)4-3-5-20(18)27)32(22)13-15-6-9-17(10-7-15)25(28,29)30/h3-12H,2,13-14H2,1H3. The largest absolute Gasteiger partial charge is 0.462 e. The number of nitrogens with zero attached hydrogens (tertiary/aromatic N) is 2. The summed E-state index contributed by atoms with van der Waals surface area (Å²) in [5.74, 6) is -1.95. The molecular formula is C25H19F5N2O2S. The first-order chi connectivity index (χ1) is 16.7. The number of hydrogen-bond acceptors (Lipinski definition) is 4. The van der Waals surface area contributed by atoms with Gasteiger partial charge in [-0.2, -0.15) is 13.2 Å². The number of carbonyl (C=O) groups excluding carboxylic acids is 1. The molecule has 3 aromatic carbocycles. The lowest BCUT2D eigenvalue weighted by Crippen LogP contribution is -2.06. The summed E-state index contributed by atoms with van der Waals surface area (Å²) >= 11 is 1.08.